The zero-order chi connectivity index (χ0) is 16.7. The van der Waals surface area contributed by atoms with Crippen molar-refractivity contribution in [2.75, 3.05) is 20.7 Å². The Morgan fingerprint density at radius 2 is 2.17 bits per heavy atom. The summed E-state index contributed by atoms with van der Waals surface area (Å²) in [6.45, 7) is 6.31. The molecule has 1 heterocycles. The van der Waals surface area contributed by atoms with E-state index in [1.165, 1.54) is 4.88 Å². The molecule has 5 nitrogen and oxygen atoms in total. The molecule has 1 aromatic heterocycles. The molecule has 0 radical (unpaired) electrons. The molecule has 0 spiro atoms. The summed E-state index contributed by atoms with van der Waals surface area (Å²) in [6.07, 6.45) is 0. The lowest BCUT2D eigenvalue weighted by Crippen LogP contribution is -2.38. The third-order valence-corrected chi connectivity index (χ3v) is 4.43. The Kier molecular flexibility index (Phi) is 6.40. The minimum Gasteiger partial charge on any atom is -0.496 e. The second-order valence-electron chi connectivity index (χ2n) is 5.20. The van der Waals surface area contributed by atoms with Gasteiger partial charge in [0.25, 0.3) is 0 Å². The molecule has 0 fully saturated rings. The van der Waals surface area contributed by atoms with Crippen molar-refractivity contribution >= 4 is 17.3 Å². The van der Waals surface area contributed by atoms with Crippen molar-refractivity contribution in [3.63, 3.8) is 0 Å². The van der Waals surface area contributed by atoms with E-state index in [-0.39, 0.29) is 0 Å². The maximum atomic E-state index is 5.43. The first-order valence-corrected chi connectivity index (χ1v) is 8.54. The minimum atomic E-state index is 0.648. The number of guanidine groups is 1. The maximum Gasteiger partial charge on any atom is 0.194 e. The number of nitrogens with zero attached hydrogens (tertiary/aromatic N) is 3. The molecule has 6 heteroatoms. The molecule has 0 bridgehead atoms. The van der Waals surface area contributed by atoms with Crippen molar-refractivity contribution in [2.24, 2.45) is 4.99 Å². The van der Waals surface area contributed by atoms with Crippen molar-refractivity contribution in [1.29, 1.82) is 0 Å². The van der Waals surface area contributed by atoms with E-state index >= 15 is 0 Å². The standard InChI is InChI=1S/C17H24N4OS/c1-5-18-17(19-10-16-13(2)20-12-23-16)21(3)11-14-8-6-7-9-15(14)22-4/h6-9,12H,5,10-11H2,1-4H3,(H,18,19). The summed E-state index contributed by atoms with van der Waals surface area (Å²) in [4.78, 5) is 12.3. The Bertz CT molecular complexity index is 654. The lowest BCUT2D eigenvalue weighted by atomic mass is 10.2. The molecule has 0 atom stereocenters. The highest BCUT2D eigenvalue weighted by Gasteiger charge is 2.10. The average Bonchev–Trinajstić information content (AvgIpc) is 2.97. The molecule has 23 heavy (non-hydrogen) atoms. The molecule has 2 rings (SSSR count). The lowest BCUT2D eigenvalue weighted by molar-refractivity contribution is 0.396. The summed E-state index contributed by atoms with van der Waals surface area (Å²) in [5.41, 5.74) is 4.06. The van der Waals surface area contributed by atoms with Gasteiger partial charge in [-0.25, -0.2) is 9.98 Å². The molecule has 0 amide bonds. The number of benzene rings is 1. The Labute approximate surface area is 142 Å². The molecule has 0 aliphatic rings. The lowest BCUT2D eigenvalue weighted by Gasteiger charge is -2.23. The monoisotopic (exact) mass is 332 g/mol. The van der Waals surface area contributed by atoms with Gasteiger partial charge in [0.15, 0.2) is 5.96 Å². The topological polar surface area (TPSA) is 49.8 Å². The van der Waals surface area contributed by atoms with Crippen molar-refractivity contribution < 1.29 is 4.74 Å². The van der Waals surface area contributed by atoms with Gasteiger partial charge in [-0.15, -0.1) is 11.3 Å². The third kappa shape index (κ3) is 4.69. The van der Waals surface area contributed by atoms with Crippen LogP contribution >= 0.6 is 11.3 Å². The highest BCUT2D eigenvalue weighted by molar-refractivity contribution is 7.09. The van der Waals surface area contributed by atoms with Crippen LogP contribution in [-0.4, -0.2) is 36.5 Å². The summed E-state index contributed by atoms with van der Waals surface area (Å²) in [5, 5.41) is 3.34. The van der Waals surface area contributed by atoms with Gasteiger partial charge >= 0.3 is 0 Å². The normalized spacial score (nSPS) is 11.4. The van der Waals surface area contributed by atoms with Gasteiger partial charge < -0.3 is 15.0 Å². The van der Waals surface area contributed by atoms with Gasteiger partial charge in [0.05, 0.1) is 24.9 Å². The van der Waals surface area contributed by atoms with Crippen LogP contribution in [0.25, 0.3) is 0 Å². The van der Waals surface area contributed by atoms with Gasteiger partial charge in [0.1, 0.15) is 5.75 Å². The predicted molar refractivity (Wildman–Crippen MR) is 96.1 cm³/mol. The predicted octanol–water partition coefficient (Wildman–Crippen LogP) is 3.06. The number of hydrogen-bond donors (Lipinski definition) is 1. The van der Waals surface area contributed by atoms with Crippen LogP contribution in [0.1, 0.15) is 23.1 Å². The number of methoxy groups -OCH3 is 1. The number of aliphatic imine (C=N–C) groups is 1. The number of aryl methyl sites for hydroxylation is 1. The summed E-state index contributed by atoms with van der Waals surface area (Å²) in [6, 6.07) is 8.06. The molecule has 0 saturated carbocycles. The smallest absolute Gasteiger partial charge is 0.194 e. The second-order valence-corrected chi connectivity index (χ2v) is 6.14. The minimum absolute atomic E-state index is 0.648. The van der Waals surface area contributed by atoms with Crippen LogP contribution in [0, 0.1) is 6.92 Å². The van der Waals surface area contributed by atoms with Crippen molar-refractivity contribution in [1.82, 2.24) is 15.2 Å². The largest absolute Gasteiger partial charge is 0.496 e. The first kappa shape index (κ1) is 17.3. The molecule has 2 aromatic rings. The van der Waals surface area contributed by atoms with Crippen LogP contribution in [0.5, 0.6) is 5.75 Å². The zero-order valence-electron chi connectivity index (χ0n) is 14.2. The van der Waals surface area contributed by atoms with E-state index in [9.17, 15) is 0 Å². The summed E-state index contributed by atoms with van der Waals surface area (Å²) < 4.78 is 5.43. The van der Waals surface area contributed by atoms with E-state index < -0.39 is 0 Å². The molecule has 0 saturated heterocycles. The fourth-order valence-electron chi connectivity index (χ4n) is 2.26. The average molecular weight is 332 g/mol. The number of thiazole rings is 1. The van der Waals surface area contributed by atoms with E-state index in [1.807, 2.05) is 37.7 Å². The number of aromatic nitrogens is 1. The van der Waals surface area contributed by atoms with Gasteiger partial charge in [0.2, 0.25) is 0 Å². The number of rotatable bonds is 6. The summed E-state index contributed by atoms with van der Waals surface area (Å²) in [7, 11) is 3.73. The maximum absolute atomic E-state index is 5.43. The van der Waals surface area contributed by atoms with Crippen LogP contribution in [0.15, 0.2) is 34.8 Å². The first-order valence-electron chi connectivity index (χ1n) is 7.66. The van der Waals surface area contributed by atoms with Gasteiger partial charge in [-0.2, -0.15) is 0 Å². The molecular formula is C17H24N4OS. The molecule has 0 unspecified atom stereocenters. The number of nitrogens with one attached hydrogen (secondary N) is 1. The van der Waals surface area contributed by atoms with Crippen LogP contribution in [0.3, 0.4) is 0 Å². The summed E-state index contributed by atoms with van der Waals surface area (Å²) >= 11 is 1.65. The zero-order valence-corrected chi connectivity index (χ0v) is 15.0. The Balaban J connectivity index is 2.11. The fourth-order valence-corrected chi connectivity index (χ4v) is 2.96. The SMILES string of the molecule is CCNC(=NCc1scnc1C)N(C)Cc1ccccc1OC. The van der Waals surface area contributed by atoms with Crippen LogP contribution < -0.4 is 10.1 Å². The quantitative estimate of drug-likeness (QED) is 0.652. The molecule has 1 N–H and O–H groups in total. The van der Waals surface area contributed by atoms with Gasteiger partial charge in [-0.05, 0) is 19.9 Å². The van der Waals surface area contributed by atoms with Gasteiger partial charge in [-0.3, -0.25) is 0 Å². The van der Waals surface area contributed by atoms with Gasteiger partial charge in [0, 0.05) is 30.6 Å². The van der Waals surface area contributed by atoms with E-state index in [2.05, 4.69) is 28.2 Å². The van der Waals surface area contributed by atoms with Gasteiger partial charge in [-0.1, -0.05) is 18.2 Å². The number of hydrogen-bond acceptors (Lipinski definition) is 4. The second kappa shape index (κ2) is 8.53. The van der Waals surface area contributed by atoms with Crippen LogP contribution in [0.2, 0.25) is 0 Å². The molecule has 1 aromatic carbocycles. The van der Waals surface area contributed by atoms with Crippen molar-refractivity contribution in [2.45, 2.75) is 26.9 Å². The van der Waals surface area contributed by atoms with E-state index in [4.69, 9.17) is 9.73 Å². The Morgan fingerprint density at radius 1 is 1.39 bits per heavy atom. The highest BCUT2D eigenvalue weighted by atomic mass is 32.1. The third-order valence-electron chi connectivity index (χ3n) is 3.51. The Morgan fingerprint density at radius 3 is 2.83 bits per heavy atom. The van der Waals surface area contributed by atoms with Crippen molar-refractivity contribution in [3.8, 4) is 5.75 Å². The van der Waals surface area contributed by atoms with Crippen molar-refractivity contribution in [3.05, 3.63) is 45.9 Å². The summed E-state index contributed by atoms with van der Waals surface area (Å²) in [5.74, 6) is 1.78. The number of ether oxygens (including phenoxy) is 1. The van der Waals surface area contributed by atoms with E-state index in [0.29, 0.717) is 6.54 Å². The van der Waals surface area contributed by atoms with Crippen LogP contribution in [0.4, 0.5) is 0 Å². The molecular weight excluding hydrogens is 308 g/mol. The molecule has 124 valence electrons. The fraction of sp³-hybridized carbons (Fsp3) is 0.412. The highest BCUT2D eigenvalue weighted by Crippen LogP contribution is 2.19. The molecule has 0 aliphatic carbocycles. The first-order chi connectivity index (χ1) is 11.2. The molecule has 0 aliphatic heterocycles. The number of para-hydroxylation sites is 1. The van der Waals surface area contributed by atoms with E-state index in [0.717, 1.165) is 36.1 Å². The van der Waals surface area contributed by atoms with E-state index in [1.54, 1.807) is 18.4 Å². The Hall–Kier alpha value is -2.08. The van der Waals surface area contributed by atoms with Crippen LogP contribution in [-0.2, 0) is 13.1 Å².